The monoisotopic (exact) mass is 267 g/mol. The highest BCUT2D eigenvalue weighted by Crippen LogP contribution is 2.16. The SMILES string of the molecule is O=C1CCCCCN1CS(=O)(=O)c1ccccc1. The van der Waals surface area contributed by atoms with Gasteiger partial charge in [0.15, 0.2) is 9.84 Å². The van der Waals surface area contributed by atoms with Gasteiger partial charge in [-0.2, -0.15) is 0 Å². The highest BCUT2D eigenvalue weighted by atomic mass is 32.2. The van der Waals surface area contributed by atoms with Crippen molar-refractivity contribution in [3.8, 4) is 0 Å². The lowest BCUT2D eigenvalue weighted by molar-refractivity contribution is -0.129. The Morgan fingerprint density at radius 3 is 2.50 bits per heavy atom. The van der Waals surface area contributed by atoms with Crippen LogP contribution in [0.4, 0.5) is 0 Å². The van der Waals surface area contributed by atoms with Crippen LogP contribution < -0.4 is 0 Å². The van der Waals surface area contributed by atoms with Gasteiger partial charge in [0.2, 0.25) is 5.91 Å². The third kappa shape index (κ3) is 3.10. The number of benzene rings is 1. The molecule has 1 aliphatic heterocycles. The second-order valence-electron chi connectivity index (χ2n) is 4.52. The fourth-order valence-electron chi connectivity index (χ4n) is 2.08. The molecule has 2 rings (SSSR count). The van der Waals surface area contributed by atoms with E-state index in [1.807, 2.05) is 0 Å². The third-order valence-electron chi connectivity index (χ3n) is 3.10. The summed E-state index contributed by atoms with van der Waals surface area (Å²) in [5.41, 5.74) is 0. The molecule has 0 saturated carbocycles. The van der Waals surface area contributed by atoms with E-state index in [9.17, 15) is 13.2 Å². The molecule has 0 aliphatic carbocycles. The molecule has 1 amide bonds. The normalized spacial score (nSPS) is 17.6. The summed E-state index contributed by atoms with van der Waals surface area (Å²) in [6, 6.07) is 8.29. The minimum atomic E-state index is -3.40. The molecule has 0 bridgehead atoms. The molecule has 18 heavy (non-hydrogen) atoms. The lowest BCUT2D eigenvalue weighted by Gasteiger charge is -2.20. The minimum absolute atomic E-state index is 0.0491. The van der Waals surface area contributed by atoms with Crippen LogP contribution >= 0.6 is 0 Å². The van der Waals surface area contributed by atoms with Gasteiger partial charge >= 0.3 is 0 Å². The maximum absolute atomic E-state index is 12.2. The molecule has 0 spiro atoms. The van der Waals surface area contributed by atoms with Crippen LogP contribution in [-0.4, -0.2) is 31.6 Å². The first kappa shape index (κ1) is 13.1. The quantitative estimate of drug-likeness (QED) is 0.839. The van der Waals surface area contributed by atoms with Gasteiger partial charge in [-0.25, -0.2) is 8.42 Å². The summed E-state index contributed by atoms with van der Waals surface area (Å²) in [6.07, 6.45) is 3.20. The van der Waals surface area contributed by atoms with Crippen molar-refractivity contribution in [3.63, 3.8) is 0 Å². The summed E-state index contributed by atoms with van der Waals surface area (Å²) in [5, 5.41) is 0. The molecule has 98 valence electrons. The fourth-order valence-corrected chi connectivity index (χ4v) is 3.49. The van der Waals surface area contributed by atoms with Crippen molar-refractivity contribution in [2.75, 3.05) is 12.4 Å². The van der Waals surface area contributed by atoms with E-state index < -0.39 is 9.84 Å². The first-order chi connectivity index (χ1) is 8.59. The van der Waals surface area contributed by atoms with Crippen LogP contribution in [0.3, 0.4) is 0 Å². The Morgan fingerprint density at radius 2 is 1.78 bits per heavy atom. The zero-order valence-electron chi connectivity index (χ0n) is 10.2. The Balaban J connectivity index is 2.15. The van der Waals surface area contributed by atoms with Crippen molar-refractivity contribution in [1.82, 2.24) is 4.90 Å². The number of amides is 1. The Morgan fingerprint density at radius 1 is 1.06 bits per heavy atom. The van der Waals surface area contributed by atoms with Crippen molar-refractivity contribution in [2.45, 2.75) is 30.6 Å². The van der Waals surface area contributed by atoms with Gasteiger partial charge in [0.05, 0.1) is 4.90 Å². The first-order valence-corrected chi connectivity index (χ1v) is 7.80. The predicted molar refractivity (Wildman–Crippen MR) is 68.7 cm³/mol. The Labute approximate surface area is 108 Å². The Hall–Kier alpha value is -1.36. The molecule has 1 aliphatic rings. The van der Waals surface area contributed by atoms with Crippen LogP contribution in [0.25, 0.3) is 0 Å². The Kier molecular flexibility index (Phi) is 4.01. The predicted octanol–water partition coefficient (Wildman–Crippen LogP) is 1.82. The van der Waals surface area contributed by atoms with Gasteiger partial charge in [0.1, 0.15) is 5.88 Å². The summed E-state index contributed by atoms with van der Waals surface area (Å²) in [7, 11) is -3.40. The molecule has 1 saturated heterocycles. The topological polar surface area (TPSA) is 54.5 Å². The summed E-state index contributed by atoms with van der Waals surface area (Å²) >= 11 is 0. The van der Waals surface area contributed by atoms with E-state index in [4.69, 9.17) is 0 Å². The second-order valence-corrected chi connectivity index (χ2v) is 6.48. The lowest BCUT2D eigenvalue weighted by Crippen LogP contribution is -2.35. The number of nitrogens with zero attached hydrogens (tertiary/aromatic N) is 1. The molecule has 0 unspecified atom stereocenters. The molecule has 1 fully saturated rings. The van der Waals surface area contributed by atoms with Crippen LogP contribution in [0.15, 0.2) is 35.2 Å². The highest BCUT2D eigenvalue weighted by Gasteiger charge is 2.23. The smallest absolute Gasteiger partial charge is 0.223 e. The average molecular weight is 267 g/mol. The molecule has 0 N–H and O–H groups in total. The van der Waals surface area contributed by atoms with Crippen molar-refractivity contribution in [3.05, 3.63) is 30.3 Å². The van der Waals surface area contributed by atoms with Gasteiger partial charge in [-0.05, 0) is 25.0 Å². The van der Waals surface area contributed by atoms with Crippen LogP contribution in [0.1, 0.15) is 25.7 Å². The van der Waals surface area contributed by atoms with E-state index in [-0.39, 0.29) is 16.7 Å². The summed E-state index contributed by atoms with van der Waals surface area (Å²) in [6.45, 7) is 0.547. The van der Waals surface area contributed by atoms with E-state index in [0.717, 1.165) is 19.3 Å². The molecule has 1 aromatic rings. The minimum Gasteiger partial charge on any atom is -0.328 e. The summed E-state index contributed by atoms with van der Waals surface area (Å²) in [4.78, 5) is 13.5. The van der Waals surface area contributed by atoms with E-state index in [1.54, 1.807) is 30.3 Å². The van der Waals surface area contributed by atoms with E-state index in [1.165, 1.54) is 4.90 Å². The number of rotatable bonds is 3. The van der Waals surface area contributed by atoms with Gasteiger partial charge < -0.3 is 4.90 Å². The lowest BCUT2D eigenvalue weighted by atomic mass is 10.2. The molecule has 1 heterocycles. The van der Waals surface area contributed by atoms with Gasteiger partial charge in [-0.15, -0.1) is 0 Å². The summed E-state index contributed by atoms with van der Waals surface area (Å²) < 4.78 is 24.3. The molecule has 5 heteroatoms. The zero-order valence-corrected chi connectivity index (χ0v) is 11.0. The molecule has 0 aromatic heterocycles. The van der Waals surface area contributed by atoms with Crippen molar-refractivity contribution in [2.24, 2.45) is 0 Å². The van der Waals surface area contributed by atoms with E-state index in [0.29, 0.717) is 13.0 Å². The van der Waals surface area contributed by atoms with Crippen molar-refractivity contribution in [1.29, 1.82) is 0 Å². The fraction of sp³-hybridized carbons (Fsp3) is 0.462. The van der Waals surface area contributed by atoms with Crippen LogP contribution in [0, 0.1) is 0 Å². The number of sulfone groups is 1. The van der Waals surface area contributed by atoms with Crippen molar-refractivity contribution < 1.29 is 13.2 Å². The standard InChI is InChI=1S/C13H17NO3S/c15-13-9-5-2-6-10-14(13)11-18(16,17)12-7-3-1-4-8-12/h1,3-4,7-8H,2,5-6,9-11H2. The molecular formula is C13H17NO3S. The Bertz CT molecular complexity index is 510. The molecular weight excluding hydrogens is 250 g/mol. The average Bonchev–Trinajstić information content (AvgIpc) is 2.56. The highest BCUT2D eigenvalue weighted by molar-refractivity contribution is 7.91. The van der Waals surface area contributed by atoms with Gasteiger partial charge in [-0.1, -0.05) is 24.6 Å². The number of likely N-dealkylation sites (tertiary alicyclic amines) is 1. The maximum Gasteiger partial charge on any atom is 0.223 e. The molecule has 0 radical (unpaired) electrons. The van der Waals surface area contributed by atoms with Crippen LogP contribution in [0.5, 0.6) is 0 Å². The summed E-state index contributed by atoms with van der Waals surface area (Å²) in [5.74, 6) is -0.248. The number of carbonyl (C=O) groups excluding carboxylic acids is 1. The van der Waals surface area contributed by atoms with Gasteiger partial charge in [-0.3, -0.25) is 4.79 Å². The number of carbonyl (C=O) groups is 1. The number of hydrogen-bond acceptors (Lipinski definition) is 3. The number of hydrogen-bond donors (Lipinski definition) is 0. The van der Waals surface area contributed by atoms with Gasteiger partial charge in [0.25, 0.3) is 0 Å². The molecule has 0 atom stereocenters. The molecule has 1 aromatic carbocycles. The van der Waals surface area contributed by atoms with Crippen molar-refractivity contribution >= 4 is 15.7 Å². The second kappa shape index (κ2) is 5.52. The maximum atomic E-state index is 12.2. The van der Waals surface area contributed by atoms with Gasteiger partial charge in [0, 0.05) is 13.0 Å². The van der Waals surface area contributed by atoms with Crippen LogP contribution in [0.2, 0.25) is 0 Å². The first-order valence-electron chi connectivity index (χ1n) is 6.15. The third-order valence-corrected chi connectivity index (χ3v) is 4.74. The zero-order chi connectivity index (χ0) is 13.0. The van der Waals surface area contributed by atoms with E-state index in [2.05, 4.69) is 0 Å². The van der Waals surface area contributed by atoms with E-state index >= 15 is 0 Å². The van der Waals surface area contributed by atoms with Crippen LogP contribution in [-0.2, 0) is 14.6 Å². The molecule has 4 nitrogen and oxygen atoms in total. The largest absolute Gasteiger partial charge is 0.328 e.